The summed E-state index contributed by atoms with van der Waals surface area (Å²) in [5, 5.41) is 4.07. The van der Waals surface area contributed by atoms with Crippen molar-refractivity contribution in [3.8, 4) is 0 Å². The van der Waals surface area contributed by atoms with Crippen LogP contribution in [-0.2, 0) is 0 Å². The SMILES string of the molecule is Cc1ccc(NCCSc2ncco2)cc1. The van der Waals surface area contributed by atoms with E-state index in [2.05, 4.69) is 41.5 Å². The van der Waals surface area contributed by atoms with Crippen LogP contribution in [-0.4, -0.2) is 17.3 Å². The zero-order chi connectivity index (χ0) is 11.2. The number of aryl methyl sites for hydroxylation is 1. The first-order valence-electron chi connectivity index (χ1n) is 5.17. The van der Waals surface area contributed by atoms with E-state index in [0.717, 1.165) is 23.2 Å². The molecule has 0 atom stereocenters. The lowest BCUT2D eigenvalue weighted by Crippen LogP contribution is -2.03. The number of benzene rings is 1. The van der Waals surface area contributed by atoms with Gasteiger partial charge < -0.3 is 9.73 Å². The van der Waals surface area contributed by atoms with Gasteiger partial charge in [-0.1, -0.05) is 29.5 Å². The highest BCUT2D eigenvalue weighted by Crippen LogP contribution is 2.14. The first-order chi connectivity index (χ1) is 7.84. The molecule has 0 aliphatic rings. The summed E-state index contributed by atoms with van der Waals surface area (Å²) in [6.45, 7) is 2.98. The van der Waals surface area contributed by atoms with Gasteiger partial charge in [0.25, 0.3) is 5.22 Å². The van der Waals surface area contributed by atoms with Gasteiger partial charge in [0, 0.05) is 18.0 Å². The molecule has 1 aromatic heterocycles. The average Bonchev–Trinajstić information content (AvgIpc) is 2.80. The number of nitrogens with one attached hydrogen (secondary N) is 1. The molecule has 0 aliphatic heterocycles. The van der Waals surface area contributed by atoms with Gasteiger partial charge in [0.05, 0.1) is 6.20 Å². The predicted octanol–water partition coefficient (Wildman–Crippen LogP) is 3.19. The lowest BCUT2D eigenvalue weighted by molar-refractivity contribution is 0.454. The zero-order valence-corrected chi connectivity index (χ0v) is 9.96. The van der Waals surface area contributed by atoms with E-state index in [0.29, 0.717) is 0 Å². The Bertz CT molecular complexity index is 411. The van der Waals surface area contributed by atoms with Gasteiger partial charge in [0.2, 0.25) is 0 Å². The minimum absolute atomic E-state index is 0.728. The molecule has 0 spiro atoms. The highest BCUT2D eigenvalue weighted by Gasteiger charge is 1.97. The van der Waals surface area contributed by atoms with Crippen molar-refractivity contribution in [2.24, 2.45) is 0 Å². The summed E-state index contributed by atoms with van der Waals surface area (Å²) in [5.74, 6) is 0.939. The highest BCUT2D eigenvalue weighted by molar-refractivity contribution is 7.99. The maximum atomic E-state index is 5.13. The summed E-state index contributed by atoms with van der Waals surface area (Å²) in [6, 6.07) is 8.38. The lowest BCUT2D eigenvalue weighted by atomic mass is 10.2. The van der Waals surface area contributed by atoms with Crippen molar-refractivity contribution in [2.75, 3.05) is 17.6 Å². The molecule has 0 unspecified atom stereocenters. The first kappa shape index (κ1) is 11.1. The Kier molecular flexibility index (Phi) is 3.88. The normalized spacial score (nSPS) is 10.3. The molecule has 1 N–H and O–H groups in total. The Morgan fingerprint density at radius 2 is 2.12 bits per heavy atom. The zero-order valence-electron chi connectivity index (χ0n) is 9.14. The van der Waals surface area contributed by atoms with E-state index in [1.165, 1.54) is 5.56 Å². The van der Waals surface area contributed by atoms with Gasteiger partial charge in [-0.2, -0.15) is 0 Å². The van der Waals surface area contributed by atoms with Crippen LogP contribution in [0, 0.1) is 6.92 Å². The van der Waals surface area contributed by atoms with Crippen molar-refractivity contribution in [3.05, 3.63) is 42.3 Å². The van der Waals surface area contributed by atoms with Crippen LogP contribution in [0.3, 0.4) is 0 Å². The third kappa shape index (κ3) is 3.31. The van der Waals surface area contributed by atoms with Crippen molar-refractivity contribution in [3.63, 3.8) is 0 Å². The fourth-order valence-electron chi connectivity index (χ4n) is 1.29. The topological polar surface area (TPSA) is 38.1 Å². The number of aromatic nitrogens is 1. The largest absolute Gasteiger partial charge is 0.440 e. The molecule has 0 amide bonds. The van der Waals surface area contributed by atoms with Crippen molar-refractivity contribution in [2.45, 2.75) is 12.1 Å². The first-order valence-corrected chi connectivity index (χ1v) is 6.16. The Morgan fingerprint density at radius 1 is 1.31 bits per heavy atom. The monoisotopic (exact) mass is 234 g/mol. The van der Waals surface area contributed by atoms with Gasteiger partial charge in [0.1, 0.15) is 6.26 Å². The molecule has 0 saturated carbocycles. The Hall–Kier alpha value is -1.42. The highest BCUT2D eigenvalue weighted by atomic mass is 32.2. The molecule has 1 aromatic carbocycles. The molecule has 84 valence electrons. The number of rotatable bonds is 5. The molecule has 0 radical (unpaired) electrons. The number of hydrogen-bond donors (Lipinski definition) is 1. The summed E-state index contributed by atoms with van der Waals surface area (Å²) >= 11 is 1.61. The second-order valence-electron chi connectivity index (χ2n) is 3.44. The van der Waals surface area contributed by atoms with Gasteiger partial charge in [0.15, 0.2) is 0 Å². The standard InChI is InChI=1S/C12H14N2OS/c1-10-2-4-11(5-3-10)13-7-9-16-12-14-6-8-15-12/h2-6,8,13H,7,9H2,1H3. The Labute approximate surface area is 99.3 Å². The molecule has 2 aromatic rings. The van der Waals surface area contributed by atoms with E-state index in [9.17, 15) is 0 Å². The summed E-state index contributed by atoms with van der Waals surface area (Å²) in [6.07, 6.45) is 3.26. The van der Waals surface area contributed by atoms with Crippen molar-refractivity contribution < 1.29 is 4.42 Å². The predicted molar refractivity (Wildman–Crippen MR) is 66.9 cm³/mol. The van der Waals surface area contributed by atoms with Gasteiger partial charge in [-0.15, -0.1) is 0 Å². The molecule has 16 heavy (non-hydrogen) atoms. The fourth-order valence-corrected chi connectivity index (χ4v) is 1.92. The number of thioether (sulfide) groups is 1. The quantitative estimate of drug-likeness (QED) is 0.637. The van der Waals surface area contributed by atoms with Crippen LogP contribution in [0.25, 0.3) is 0 Å². The summed E-state index contributed by atoms with van der Waals surface area (Å²) < 4.78 is 5.13. The van der Waals surface area contributed by atoms with Crippen LogP contribution >= 0.6 is 11.8 Å². The van der Waals surface area contributed by atoms with Gasteiger partial charge in [-0.25, -0.2) is 4.98 Å². The van der Waals surface area contributed by atoms with Crippen molar-refractivity contribution >= 4 is 17.4 Å². The van der Waals surface area contributed by atoms with E-state index in [1.54, 1.807) is 24.2 Å². The molecule has 0 fully saturated rings. The molecule has 4 heteroatoms. The second kappa shape index (κ2) is 5.61. The molecule has 0 saturated heterocycles. The lowest BCUT2D eigenvalue weighted by Gasteiger charge is -2.05. The molecule has 2 rings (SSSR count). The van der Waals surface area contributed by atoms with Gasteiger partial charge >= 0.3 is 0 Å². The van der Waals surface area contributed by atoms with Crippen LogP contribution < -0.4 is 5.32 Å². The Balaban J connectivity index is 1.70. The number of anilines is 1. The number of oxazole rings is 1. The number of hydrogen-bond acceptors (Lipinski definition) is 4. The maximum Gasteiger partial charge on any atom is 0.255 e. The molecule has 1 heterocycles. The summed E-state index contributed by atoms with van der Waals surface area (Å²) in [4.78, 5) is 4.04. The van der Waals surface area contributed by atoms with Crippen LogP contribution in [0.15, 0.2) is 46.4 Å². The van der Waals surface area contributed by atoms with Crippen molar-refractivity contribution in [1.82, 2.24) is 4.98 Å². The van der Waals surface area contributed by atoms with Crippen LogP contribution in [0.1, 0.15) is 5.56 Å². The molecular formula is C12H14N2OS. The van der Waals surface area contributed by atoms with E-state index in [1.807, 2.05) is 0 Å². The minimum atomic E-state index is 0.728. The third-order valence-corrected chi connectivity index (χ3v) is 2.97. The van der Waals surface area contributed by atoms with Crippen LogP contribution in [0.5, 0.6) is 0 Å². The van der Waals surface area contributed by atoms with E-state index in [-0.39, 0.29) is 0 Å². The summed E-state index contributed by atoms with van der Waals surface area (Å²) in [7, 11) is 0. The van der Waals surface area contributed by atoms with Crippen LogP contribution in [0.4, 0.5) is 5.69 Å². The molecule has 3 nitrogen and oxygen atoms in total. The summed E-state index contributed by atoms with van der Waals surface area (Å²) in [5.41, 5.74) is 2.43. The molecule has 0 aliphatic carbocycles. The van der Waals surface area contributed by atoms with Gasteiger partial charge in [-0.05, 0) is 19.1 Å². The van der Waals surface area contributed by atoms with E-state index in [4.69, 9.17) is 4.42 Å². The van der Waals surface area contributed by atoms with Crippen LogP contribution in [0.2, 0.25) is 0 Å². The fraction of sp³-hybridized carbons (Fsp3) is 0.250. The molecule has 0 bridgehead atoms. The average molecular weight is 234 g/mol. The second-order valence-corrected chi connectivity index (χ2v) is 4.49. The van der Waals surface area contributed by atoms with E-state index < -0.39 is 0 Å². The smallest absolute Gasteiger partial charge is 0.255 e. The Morgan fingerprint density at radius 3 is 2.81 bits per heavy atom. The number of nitrogens with zero attached hydrogens (tertiary/aromatic N) is 1. The van der Waals surface area contributed by atoms with E-state index >= 15 is 0 Å². The molecular weight excluding hydrogens is 220 g/mol. The maximum absolute atomic E-state index is 5.13. The third-order valence-electron chi connectivity index (χ3n) is 2.12. The minimum Gasteiger partial charge on any atom is -0.440 e. The van der Waals surface area contributed by atoms with Gasteiger partial charge in [-0.3, -0.25) is 0 Å². The van der Waals surface area contributed by atoms with Crippen molar-refractivity contribution in [1.29, 1.82) is 0 Å².